The first kappa shape index (κ1) is 13.3. The van der Waals surface area contributed by atoms with Gasteiger partial charge in [0.2, 0.25) is 0 Å². The number of hydrogen-bond acceptors (Lipinski definition) is 2. The molecule has 0 aliphatic rings. The van der Waals surface area contributed by atoms with Crippen molar-refractivity contribution in [1.29, 1.82) is 5.26 Å². The van der Waals surface area contributed by atoms with Crippen molar-refractivity contribution >= 4 is 0 Å². The van der Waals surface area contributed by atoms with E-state index in [-0.39, 0.29) is 0 Å². The summed E-state index contributed by atoms with van der Waals surface area (Å²) in [5.41, 5.74) is 2.58. The molecule has 0 amide bonds. The van der Waals surface area contributed by atoms with Crippen LogP contribution in [0.5, 0.6) is 0 Å². The number of nitriles is 1. The lowest BCUT2D eigenvalue weighted by atomic mass is 10.1. The summed E-state index contributed by atoms with van der Waals surface area (Å²) >= 11 is 0. The first-order valence-electron chi connectivity index (χ1n) is 6.55. The first-order chi connectivity index (χ1) is 9.38. The molecule has 0 heterocycles. The second kappa shape index (κ2) is 7.35. The Kier molecular flexibility index (Phi) is 5.16. The maximum Gasteiger partial charge on any atom is 0.0635 e. The van der Waals surface area contributed by atoms with Gasteiger partial charge in [-0.2, -0.15) is 5.26 Å². The molecule has 0 unspecified atom stereocenters. The van der Waals surface area contributed by atoms with Crippen LogP contribution in [-0.2, 0) is 13.1 Å². The second-order valence-corrected chi connectivity index (χ2v) is 4.59. The molecule has 0 atom stereocenters. The van der Waals surface area contributed by atoms with Gasteiger partial charge in [-0.05, 0) is 11.1 Å². The maximum absolute atomic E-state index is 8.77. The summed E-state index contributed by atoms with van der Waals surface area (Å²) in [6.45, 7) is 2.58. The summed E-state index contributed by atoms with van der Waals surface area (Å²) in [7, 11) is 0. The van der Waals surface area contributed by atoms with Crippen LogP contribution in [0.2, 0.25) is 0 Å². The van der Waals surface area contributed by atoms with E-state index in [1.807, 2.05) is 12.1 Å². The van der Waals surface area contributed by atoms with Gasteiger partial charge in [-0.25, -0.2) is 0 Å². The zero-order valence-corrected chi connectivity index (χ0v) is 11.0. The molecule has 2 nitrogen and oxygen atoms in total. The molecular weight excluding hydrogens is 232 g/mol. The Balaban J connectivity index is 2.02. The summed E-state index contributed by atoms with van der Waals surface area (Å²) in [4.78, 5) is 2.31. The van der Waals surface area contributed by atoms with Gasteiger partial charge < -0.3 is 0 Å². The predicted octanol–water partition coefficient (Wildman–Crippen LogP) is 3.60. The fraction of sp³-hybridized carbons (Fsp3) is 0.235. The molecule has 0 N–H and O–H groups in total. The molecule has 0 spiro atoms. The first-order valence-corrected chi connectivity index (χ1v) is 6.55. The molecular formula is C17H18N2. The third-order valence-corrected chi connectivity index (χ3v) is 3.04. The van der Waals surface area contributed by atoms with Crippen LogP contribution >= 0.6 is 0 Å². The molecule has 0 aliphatic heterocycles. The SMILES string of the molecule is N#CCCN(Cc1ccccc1)Cc1ccccc1. The smallest absolute Gasteiger partial charge is 0.0635 e. The van der Waals surface area contributed by atoms with E-state index in [0.717, 1.165) is 19.6 Å². The van der Waals surface area contributed by atoms with Crippen LogP contribution in [0.1, 0.15) is 17.5 Å². The molecule has 0 aliphatic carbocycles. The van der Waals surface area contributed by atoms with E-state index in [1.54, 1.807) is 0 Å². The summed E-state index contributed by atoms with van der Waals surface area (Å²) in [5.74, 6) is 0. The summed E-state index contributed by atoms with van der Waals surface area (Å²) < 4.78 is 0. The molecule has 0 radical (unpaired) electrons. The van der Waals surface area contributed by atoms with Crippen molar-refractivity contribution in [2.75, 3.05) is 6.54 Å². The lowest BCUT2D eigenvalue weighted by molar-refractivity contribution is 0.263. The zero-order chi connectivity index (χ0) is 13.3. The lowest BCUT2D eigenvalue weighted by Gasteiger charge is -2.21. The Labute approximate surface area is 114 Å². The molecule has 0 saturated heterocycles. The number of nitrogens with zero attached hydrogens (tertiary/aromatic N) is 2. The Morgan fingerprint density at radius 1 is 0.789 bits per heavy atom. The van der Waals surface area contributed by atoms with Crippen molar-refractivity contribution in [3.63, 3.8) is 0 Å². The Morgan fingerprint density at radius 2 is 1.26 bits per heavy atom. The van der Waals surface area contributed by atoms with Gasteiger partial charge in [0, 0.05) is 26.1 Å². The topological polar surface area (TPSA) is 27.0 Å². The van der Waals surface area contributed by atoms with Crippen LogP contribution in [-0.4, -0.2) is 11.4 Å². The van der Waals surface area contributed by atoms with Gasteiger partial charge in [0.1, 0.15) is 0 Å². The second-order valence-electron chi connectivity index (χ2n) is 4.59. The lowest BCUT2D eigenvalue weighted by Crippen LogP contribution is -2.23. The minimum absolute atomic E-state index is 0.569. The summed E-state index contributed by atoms with van der Waals surface area (Å²) in [6, 6.07) is 23.0. The normalized spacial score (nSPS) is 10.3. The standard InChI is InChI=1S/C17H18N2/c18-12-7-13-19(14-16-8-3-1-4-9-16)15-17-10-5-2-6-11-17/h1-6,8-11H,7,13-15H2. The molecule has 19 heavy (non-hydrogen) atoms. The summed E-state index contributed by atoms with van der Waals surface area (Å²) in [6.07, 6.45) is 0.569. The molecule has 2 heteroatoms. The fourth-order valence-electron chi connectivity index (χ4n) is 2.11. The van der Waals surface area contributed by atoms with Crippen LogP contribution in [0, 0.1) is 11.3 Å². The van der Waals surface area contributed by atoms with Gasteiger partial charge in [0.05, 0.1) is 6.07 Å². The van der Waals surface area contributed by atoms with Crippen LogP contribution in [0.25, 0.3) is 0 Å². The van der Waals surface area contributed by atoms with Crippen molar-refractivity contribution in [2.24, 2.45) is 0 Å². The van der Waals surface area contributed by atoms with Gasteiger partial charge in [-0.15, -0.1) is 0 Å². The molecule has 0 aromatic heterocycles. The van der Waals surface area contributed by atoms with Crippen LogP contribution in [0.15, 0.2) is 60.7 Å². The number of hydrogen-bond donors (Lipinski definition) is 0. The van der Waals surface area contributed by atoms with Crippen molar-refractivity contribution in [3.8, 4) is 6.07 Å². The molecule has 0 saturated carbocycles. The minimum atomic E-state index is 0.569. The van der Waals surface area contributed by atoms with Gasteiger partial charge in [0.25, 0.3) is 0 Å². The largest absolute Gasteiger partial charge is 0.294 e. The van der Waals surface area contributed by atoms with Gasteiger partial charge in [-0.1, -0.05) is 60.7 Å². The zero-order valence-electron chi connectivity index (χ0n) is 11.0. The van der Waals surface area contributed by atoms with E-state index in [0.29, 0.717) is 6.42 Å². The molecule has 0 fully saturated rings. The quantitative estimate of drug-likeness (QED) is 0.783. The van der Waals surface area contributed by atoms with Gasteiger partial charge in [-0.3, -0.25) is 4.90 Å². The molecule has 0 bridgehead atoms. The van der Waals surface area contributed by atoms with Crippen molar-refractivity contribution in [3.05, 3.63) is 71.8 Å². The van der Waals surface area contributed by atoms with Gasteiger partial charge in [0.15, 0.2) is 0 Å². The predicted molar refractivity (Wildman–Crippen MR) is 77.2 cm³/mol. The fourth-order valence-corrected chi connectivity index (χ4v) is 2.11. The van der Waals surface area contributed by atoms with Crippen LogP contribution in [0.4, 0.5) is 0 Å². The highest BCUT2D eigenvalue weighted by Crippen LogP contribution is 2.10. The van der Waals surface area contributed by atoms with Crippen LogP contribution in [0.3, 0.4) is 0 Å². The Bertz CT molecular complexity index is 472. The maximum atomic E-state index is 8.77. The van der Waals surface area contributed by atoms with Crippen molar-refractivity contribution in [2.45, 2.75) is 19.5 Å². The average molecular weight is 250 g/mol. The highest BCUT2D eigenvalue weighted by molar-refractivity contribution is 5.17. The van der Waals surface area contributed by atoms with Gasteiger partial charge >= 0.3 is 0 Å². The highest BCUT2D eigenvalue weighted by Gasteiger charge is 2.06. The minimum Gasteiger partial charge on any atom is -0.294 e. The molecule has 2 aromatic rings. The molecule has 96 valence electrons. The number of benzene rings is 2. The van der Waals surface area contributed by atoms with E-state index in [4.69, 9.17) is 5.26 Å². The van der Waals surface area contributed by atoms with E-state index in [9.17, 15) is 0 Å². The highest BCUT2D eigenvalue weighted by atomic mass is 15.1. The molecule has 2 aromatic carbocycles. The van der Waals surface area contributed by atoms with Crippen molar-refractivity contribution in [1.82, 2.24) is 4.90 Å². The monoisotopic (exact) mass is 250 g/mol. The van der Waals surface area contributed by atoms with E-state index >= 15 is 0 Å². The van der Waals surface area contributed by atoms with E-state index in [1.165, 1.54) is 11.1 Å². The Morgan fingerprint density at radius 3 is 1.68 bits per heavy atom. The van der Waals surface area contributed by atoms with E-state index < -0.39 is 0 Å². The molecule has 2 rings (SSSR count). The Hall–Kier alpha value is -2.11. The third-order valence-electron chi connectivity index (χ3n) is 3.04. The van der Waals surface area contributed by atoms with Crippen LogP contribution < -0.4 is 0 Å². The van der Waals surface area contributed by atoms with Crippen molar-refractivity contribution < 1.29 is 0 Å². The van der Waals surface area contributed by atoms with E-state index in [2.05, 4.69) is 59.5 Å². The number of rotatable bonds is 6. The average Bonchev–Trinajstić information content (AvgIpc) is 2.47. The third kappa shape index (κ3) is 4.57. The summed E-state index contributed by atoms with van der Waals surface area (Å²) in [5, 5.41) is 8.77.